The first-order valence-corrected chi connectivity index (χ1v) is 17.9. The van der Waals surface area contributed by atoms with Crippen molar-refractivity contribution in [3.05, 3.63) is 47.0 Å². The van der Waals surface area contributed by atoms with E-state index in [1.54, 1.807) is 18.2 Å². The number of hydrogen-bond donors (Lipinski definition) is 4. The molecular weight excluding hydrogens is 572 g/mol. The van der Waals surface area contributed by atoms with Crippen LogP contribution in [0.5, 0.6) is 5.75 Å². The molecule has 0 radical (unpaired) electrons. The smallest absolute Gasteiger partial charge is 0.243 e. The number of fused-ring (bicyclic) bond motifs is 1. The maximum absolute atomic E-state index is 13.9. The Morgan fingerprint density at radius 2 is 1.57 bits per heavy atom. The van der Waals surface area contributed by atoms with Crippen molar-refractivity contribution < 1.29 is 18.1 Å². The molecule has 8 nitrogen and oxygen atoms in total. The highest BCUT2D eigenvalue weighted by Gasteiger charge is 2.46. The Kier molecular flexibility index (Phi) is 9.50. The van der Waals surface area contributed by atoms with Gasteiger partial charge >= 0.3 is 0 Å². The summed E-state index contributed by atoms with van der Waals surface area (Å²) in [5.74, 6) is 1.38. The van der Waals surface area contributed by atoms with Crippen LogP contribution in [-0.2, 0) is 15.0 Å². The molecular formula is C32H45ClN4O4S. The van der Waals surface area contributed by atoms with Crippen LogP contribution < -0.4 is 25.7 Å². The van der Waals surface area contributed by atoms with Crippen molar-refractivity contribution in [2.24, 2.45) is 0 Å². The fourth-order valence-electron chi connectivity index (χ4n) is 7.57. The van der Waals surface area contributed by atoms with Crippen LogP contribution in [0.2, 0.25) is 5.02 Å². The van der Waals surface area contributed by atoms with Crippen LogP contribution in [0.4, 0.5) is 11.4 Å². The Bertz CT molecular complexity index is 1320. The van der Waals surface area contributed by atoms with Gasteiger partial charge in [-0.25, -0.2) is 24.1 Å². The lowest BCUT2D eigenvalue weighted by Crippen LogP contribution is -2.67. The molecule has 2 aliphatic carbocycles. The summed E-state index contributed by atoms with van der Waals surface area (Å²) < 4.78 is 37.7. The lowest BCUT2D eigenvalue weighted by Gasteiger charge is -2.49. The zero-order valence-corrected chi connectivity index (χ0v) is 26.0. The molecule has 4 N–H and O–H groups in total. The third kappa shape index (κ3) is 6.70. The summed E-state index contributed by atoms with van der Waals surface area (Å²) in [7, 11) is -3.83. The summed E-state index contributed by atoms with van der Waals surface area (Å²) in [6.07, 6.45) is 17.3. The van der Waals surface area contributed by atoms with Gasteiger partial charge in [-0.15, -0.1) is 0 Å². The van der Waals surface area contributed by atoms with E-state index in [4.69, 9.17) is 21.3 Å². The van der Waals surface area contributed by atoms with E-state index in [9.17, 15) is 8.42 Å². The van der Waals surface area contributed by atoms with Gasteiger partial charge in [-0.1, -0.05) is 81.9 Å². The lowest BCUT2D eigenvalue weighted by atomic mass is 9.75. The molecule has 2 atom stereocenters. The van der Waals surface area contributed by atoms with Gasteiger partial charge in [0.25, 0.3) is 0 Å². The van der Waals surface area contributed by atoms with Gasteiger partial charge in [0.1, 0.15) is 16.3 Å². The number of ether oxygens (including phenoxy) is 1. The summed E-state index contributed by atoms with van der Waals surface area (Å²) in [5.41, 5.74) is 7.30. The minimum atomic E-state index is -3.83. The summed E-state index contributed by atoms with van der Waals surface area (Å²) in [4.78, 5) is 5.30. The summed E-state index contributed by atoms with van der Waals surface area (Å²) in [6.45, 7) is 0. The molecule has 0 amide bonds. The Morgan fingerprint density at radius 3 is 2.33 bits per heavy atom. The van der Waals surface area contributed by atoms with Gasteiger partial charge in [0.2, 0.25) is 10.0 Å². The van der Waals surface area contributed by atoms with Crippen LogP contribution in [0.25, 0.3) is 0 Å². The molecule has 42 heavy (non-hydrogen) atoms. The first-order valence-electron chi connectivity index (χ1n) is 16.0. The van der Waals surface area contributed by atoms with Crippen molar-refractivity contribution in [1.82, 2.24) is 10.0 Å². The van der Waals surface area contributed by atoms with Crippen LogP contribution in [0.15, 0.2) is 41.3 Å². The molecule has 230 valence electrons. The summed E-state index contributed by atoms with van der Waals surface area (Å²) in [5, 5.41) is 4.67. The molecule has 0 bridgehead atoms. The zero-order chi connectivity index (χ0) is 29.0. The van der Waals surface area contributed by atoms with Crippen molar-refractivity contribution in [2.45, 2.75) is 131 Å². The highest BCUT2D eigenvalue weighted by atomic mass is 35.5. The van der Waals surface area contributed by atoms with Gasteiger partial charge in [0.05, 0.1) is 5.69 Å². The second-order valence-corrected chi connectivity index (χ2v) is 14.8. The van der Waals surface area contributed by atoms with E-state index < -0.39 is 15.6 Å². The van der Waals surface area contributed by atoms with E-state index in [1.807, 2.05) is 12.1 Å². The number of sulfonamides is 1. The number of nitrogens with one attached hydrogen (secondary N) is 4. The highest BCUT2D eigenvalue weighted by molar-refractivity contribution is 7.89. The molecule has 4 aliphatic rings. The van der Waals surface area contributed by atoms with Crippen molar-refractivity contribution in [3.63, 3.8) is 0 Å². The van der Waals surface area contributed by atoms with Gasteiger partial charge in [0.15, 0.2) is 6.23 Å². The molecule has 2 saturated carbocycles. The topological polar surface area (TPSA) is 101 Å². The van der Waals surface area contributed by atoms with Crippen LogP contribution in [0.3, 0.4) is 0 Å². The number of para-hydroxylation sites is 1. The quantitative estimate of drug-likeness (QED) is 0.263. The number of hydrogen-bond acceptors (Lipinski definition) is 7. The molecule has 2 unspecified atom stereocenters. The number of anilines is 2. The first-order chi connectivity index (χ1) is 20.4. The average Bonchev–Trinajstić information content (AvgIpc) is 3.48. The second-order valence-electron chi connectivity index (χ2n) is 12.6. The predicted molar refractivity (Wildman–Crippen MR) is 167 cm³/mol. The van der Waals surface area contributed by atoms with E-state index in [0.29, 0.717) is 30.1 Å². The van der Waals surface area contributed by atoms with E-state index in [-0.39, 0.29) is 17.2 Å². The van der Waals surface area contributed by atoms with E-state index in [2.05, 4.69) is 27.1 Å². The van der Waals surface area contributed by atoms with Gasteiger partial charge in [-0.05, 0) is 80.3 Å². The third-order valence-electron chi connectivity index (χ3n) is 9.79. The van der Waals surface area contributed by atoms with E-state index >= 15 is 0 Å². The average molecular weight is 617 g/mol. The monoisotopic (exact) mass is 616 g/mol. The number of piperidine rings is 1. The standard InChI is InChI=1S/C32H45ClN4O4S/c33-24-16-17-27(25(22-24)23-12-7-6-8-13-23)40-30-19-18-29(32(34-30)20-9-4-2-1-3-5-10-21-32)37-42(38,39)28-15-11-14-26-31(28)36-41-35-26/h11,14-17,22-23,29-30,34-37H,1-10,12-13,18-21H2. The largest absolute Gasteiger partial charge is 0.475 e. The van der Waals surface area contributed by atoms with Crippen LogP contribution in [0, 0.1) is 0 Å². The molecule has 6 rings (SSSR count). The molecule has 2 aromatic carbocycles. The SMILES string of the molecule is O=S(=O)(NC1CCC(Oc2ccc(Cl)cc2C2CCCCC2)NC12CCCCCCCCC2)c1cccc2c1NON2. The second kappa shape index (κ2) is 13.3. The summed E-state index contributed by atoms with van der Waals surface area (Å²) in [6, 6.07) is 10.9. The Balaban J connectivity index is 1.27. The molecule has 1 spiro atoms. The van der Waals surface area contributed by atoms with Crippen molar-refractivity contribution in [3.8, 4) is 5.75 Å². The normalized spacial score (nSPS) is 25.3. The number of halogens is 1. The summed E-state index contributed by atoms with van der Waals surface area (Å²) >= 11 is 6.47. The Labute approximate surface area is 255 Å². The highest BCUT2D eigenvalue weighted by Crippen LogP contribution is 2.41. The van der Waals surface area contributed by atoms with Gasteiger partial charge in [-0.2, -0.15) is 4.94 Å². The molecule has 10 heteroatoms. The fourth-order valence-corrected chi connectivity index (χ4v) is 9.27. The number of rotatable bonds is 6. The Hall–Kier alpha value is -2.04. The minimum absolute atomic E-state index is 0.191. The van der Waals surface area contributed by atoms with Crippen LogP contribution in [0.1, 0.15) is 114 Å². The van der Waals surface area contributed by atoms with Crippen LogP contribution >= 0.6 is 11.6 Å². The Morgan fingerprint density at radius 1 is 0.857 bits per heavy atom. The number of benzene rings is 2. The molecule has 2 aliphatic heterocycles. The molecule has 2 heterocycles. The van der Waals surface area contributed by atoms with E-state index in [1.165, 1.54) is 56.9 Å². The molecule has 0 aromatic heterocycles. The van der Waals surface area contributed by atoms with E-state index in [0.717, 1.165) is 49.3 Å². The molecule has 1 saturated heterocycles. The first kappa shape index (κ1) is 30.0. The maximum Gasteiger partial charge on any atom is 0.243 e. The van der Waals surface area contributed by atoms with Crippen molar-refractivity contribution in [2.75, 3.05) is 11.0 Å². The van der Waals surface area contributed by atoms with Gasteiger partial charge < -0.3 is 4.74 Å². The van der Waals surface area contributed by atoms with Gasteiger partial charge in [0, 0.05) is 16.6 Å². The minimum Gasteiger partial charge on any atom is -0.475 e. The molecule has 2 aromatic rings. The third-order valence-corrected chi connectivity index (χ3v) is 11.5. The van der Waals surface area contributed by atoms with Crippen LogP contribution in [-0.4, -0.2) is 26.2 Å². The zero-order valence-electron chi connectivity index (χ0n) is 24.4. The van der Waals surface area contributed by atoms with Gasteiger partial charge in [-0.3, -0.25) is 5.32 Å². The fraction of sp³-hybridized carbons (Fsp3) is 0.625. The lowest BCUT2D eigenvalue weighted by molar-refractivity contribution is 0.0344. The maximum atomic E-state index is 13.9. The van der Waals surface area contributed by atoms with Crippen molar-refractivity contribution in [1.29, 1.82) is 0 Å². The predicted octanol–water partition coefficient (Wildman–Crippen LogP) is 7.77. The molecule has 3 fully saturated rings. The van der Waals surface area contributed by atoms with Crippen molar-refractivity contribution >= 4 is 33.0 Å².